The van der Waals surface area contributed by atoms with Gasteiger partial charge in [0.25, 0.3) is 0 Å². The van der Waals surface area contributed by atoms with Gasteiger partial charge < -0.3 is 5.21 Å². The van der Waals surface area contributed by atoms with Crippen LogP contribution in [0.4, 0.5) is 0 Å². The molecule has 3 atom stereocenters. The Bertz CT molecular complexity index is 99.8. The van der Waals surface area contributed by atoms with Crippen LogP contribution in [0.3, 0.4) is 0 Å². The maximum atomic E-state index is 8.62. The summed E-state index contributed by atoms with van der Waals surface area (Å²) in [6.07, 6.45) is 3.02. The van der Waals surface area contributed by atoms with Crippen LogP contribution in [0.2, 0.25) is 0 Å². The minimum absolute atomic E-state index is 0.214. The first-order chi connectivity index (χ1) is 4.72. The van der Waals surface area contributed by atoms with E-state index in [9.17, 15) is 0 Å². The van der Waals surface area contributed by atoms with Crippen LogP contribution in [0.15, 0.2) is 0 Å². The second-order valence-electron chi connectivity index (χ2n) is 3.24. The molecule has 0 aromatic carbocycles. The summed E-state index contributed by atoms with van der Waals surface area (Å²) >= 11 is 5.93. The highest BCUT2D eigenvalue weighted by atomic mass is 35.5. The van der Waals surface area contributed by atoms with Crippen molar-refractivity contribution in [1.29, 1.82) is 0 Å². The van der Waals surface area contributed by atoms with Crippen LogP contribution in [-0.4, -0.2) is 16.6 Å². The second-order valence-corrected chi connectivity index (χ2v) is 3.85. The second kappa shape index (κ2) is 3.56. The van der Waals surface area contributed by atoms with Crippen molar-refractivity contribution in [2.45, 2.75) is 37.6 Å². The van der Waals surface area contributed by atoms with E-state index >= 15 is 0 Å². The Morgan fingerprint density at radius 1 is 1.40 bits per heavy atom. The van der Waals surface area contributed by atoms with Crippen molar-refractivity contribution in [3.8, 4) is 0 Å². The molecule has 3 heteroatoms. The number of halogens is 1. The van der Waals surface area contributed by atoms with Crippen LogP contribution in [0.5, 0.6) is 0 Å². The summed E-state index contributed by atoms with van der Waals surface area (Å²) in [5, 5.41) is 8.86. The van der Waals surface area contributed by atoms with Crippen molar-refractivity contribution in [2.75, 3.05) is 0 Å². The highest BCUT2D eigenvalue weighted by Crippen LogP contribution is 2.27. The van der Waals surface area contributed by atoms with Gasteiger partial charge in [-0.25, -0.2) is 5.48 Å². The average molecular weight is 164 g/mol. The van der Waals surface area contributed by atoms with Crippen molar-refractivity contribution in [3.63, 3.8) is 0 Å². The SMILES string of the molecule is CC1CC(Cl)CC(NO)C1. The van der Waals surface area contributed by atoms with E-state index in [0.29, 0.717) is 5.92 Å². The largest absolute Gasteiger partial charge is 0.317 e. The van der Waals surface area contributed by atoms with Crippen molar-refractivity contribution < 1.29 is 5.21 Å². The van der Waals surface area contributed by atoms with Gasteiger partial charge in [-0.1, -0.05) is 6.92 Å². The van der Waals surface area contributed by atoms with Crippen LogP contribution in [0.25, 0.3) is 0 Å². The zero-order valence-electron chi connectivity index (χ0n) is 6.18. The fourth-order valence-corrected chi connectivity index (χ4v) is 2.14. The van der Waals surface area contributed by atoms with Crippen molar-refractivity contribution >= 4 is 11.6 Å². The van der Waals surface area contributed by atoms with E-state index in [2.05, 4.69) is 12.4 Å². The zero-order valence-corrected chi connectivity index (χ0v) is 6.93. The van der Waals surface area contributed by atoms with Crippen LogP contribution in [0, 0.1) is 5.92 Å². The van der Waals surface area contributed by atoms with E-state index in [1.165, 1.54) is 0 Å². The monoisotopic (exact) mass is 163 g/mol. The number of rotatable bonds is 1. The topological polar surface area (TPSA) is 32.3 Å². The molecule has 0 spiro atoms. The van der Waals surface area contributed by atoms with Crippen molar-refractivity contribution in [1.82, 2.24) is 5.48 Å². The van der Waals surface area contributed by atoms with Crippen LogP contribution < -0.4 is 5.48 Å². The Morgan fingerprint density at radius 3 is 2.60 bits per heavy atom. The minimum Gasteiger partial charge on any atom is -0.317 e. The smallest absolute Gasteiger partial charge is 0.0354 e. The van der Waals surface area contributed by atoms with Gasteiger partial charge in [0.2, 0.25) is 0 Å². The molecular formula is C7H14ClNO. The van der Waals surface area contributed by atoms with Gasteiger partial charge in [0.1, 0.15) is 0 Å². The van der Waals surface area contributed by atoms with Gasteiger partial charge in [-0.15, -0.1) is 11.6 Å². The molecule has 0 saturated heterocycles. The zero-order chi connectivity index (χ0) is 7.56. The number of alkyl halides is 1. The lowest BCUT2D eigenvalue weighted by Gasteiger charge is -2.28. The van der Waals surface area contributed by atoms with Gasteiger partial charge in [-0.3, -0.25) is 0 Å². The maximum Gasteiger partial charge on any atom is 0.0354 e. The predicted molar refractivity (Wildman–Crippen MR) is 41.4 cm³/mol. The molecule has 1 rings (SSSR count). The maximum absolute atomic E-state index is 8.62. The Labute approximate surface area is 66.5 Å². The van der Waals surface area contributed by atoms with Gasteiger partial charge in [0, 0.05) is 11.4 Å². The standard InChI is InChI=1S/C7H14ClNO/c1-5-2-6(8)4-7(3-5)9-10/h5-7,9-10H,2-4H2,1H3. The highest BCUT2D eigenvalue weighted by Gasteiger charge is 2.24. The molecule has 0 bridgehead atoms. The Balaban J connectivity index is 2.35. The minimum atomic E-state index is 0.214. The molecule has 0 heterocycles. The van der Waals surface area contributed by atoms with Gasteiger partial charge in [-0.2, -0.15) is 0 Å². The lowest BCUT2D eigenvalue weighted by Crippen LogP contribution is -2.35. The molecule has 60 valence electrons. The third-order valence-corrected chi connectivity index (χ3v) is 2.42. The van der Waals surface area contributed by atoms with Gasteiger partial charge in [-0.05, 0) is 25.2 Å². The number of hydrogen-bond acceptors (Lipinski definition) is 2. The molecule has 0 aliphatic heterocycles. The molecule has 0 aromatic rings. The number of nitrogens with one attached hydrogen (secondary N) is 1. The molecule has 1 aliphatic rings. The van der Waals surface area contributed by atoms with Crippen molar-refractivity contribution in [3.05, 3.63) is 0 Å². The first kappa shape index (κ1) is 8.31. The molecular weight excluding hydrogens is 150 g/mol. The molecule has 2 nitrogen and oxygen atoms in total. The van der Waals surface area contributed by atoms with E-state index in [-0.39, 0.29) is 11.4 Å². The number of hydrogen-bond donors (Lipinski definition) is 2. The molecule has 1 aliphatic carbocycles. The normalized spacial score (nSPS) is 41.7. The quantitative estimate of drug-likeness (QED) is 0.456. The van der Waals surface area contributed by atoms with Crippen LogP contribution >= 0.6 is 11.6 Å². The van der Waals surface area contributed by atoms with E-state index in [0.717, 1.165) is 19.3 Å². The average Bonchev–Trinajstić information content (AvgIpc) is 1.85. The lowest BCUT2D eigenvalue weighted by molar-refractivity contribution is 0.0966. The third-order valence-electron chi connectivity index (χ3n) is 2.07. The molecule has 1 fully saturated rings. The first-order valence-electron chi connectivity index (χ1n) is 3.76. The summed E-state index contributed by atoms with van der Waals surface area (Å²) in [4.78, 5) is 0. The summed E-state index contributed by atoms with van der Waals surface area (Å²) in [5.41, 5.74) is 2.28. The Kier molecular flexibility index (Phi) is 2.96. The summed E-state index contributed by atoms with van der Waals surface area (Å²) in [7, 11) is 0. The molecule has 1 saturated carbocycles. The van der Waals surface area contributed by atoms with Gasteiger partial charge in [0.05, 0.1) is 0 Å². The lowest BCUT2D eigenvalue weighted by atomic mass is 9.87. The van der Waals surface area contributed by atoms with Crippen molar-refractivity contribution in [2.24, 2.45) is 5.92 Å². The Morgan fingerprint density at radius 2 is 2.10 bits per heavy atom. The third kappa shape index (κ3) is 2.11. The predicted octanol–water partition coefficient (Wildman–Crippen LogP) is 1.76. The highest BCUT2D eigenvalue weighted by molar-refractivity contribution is 6.20. The number of hydroxylamine groups is 1. The van der Waals surface area contributed by atoms with Gasteiger partial charge in [0.15, 0.2) is 0 Å². The first-order valence-corrected chi connectivity index (χ1v) is 4.19. The van der Waals surface area contributed by atoms with E-state index in [4.69, 9.17) is 16.8 Å². The summed E-state index contributed by atoms with van der Waals surface area (Å²) in [6.45, 7) is 2.17. The van der Waals surface area contributed by atoms with Gasteiger partial charge >= 0.3 is 0 Å². The Hall–Kier alpha value is 0.210. The summed E-state index contributed by atoms with van der Waals surface area (Å²) < 4.78 is 0. The van der Waals surface area contributed by atoms with Crippen LogP contribution in [-0.2, 0) is 0 Å². The fourth-order valence-electron chi connectivity index (χ4n) is 1.63. The summed E-state index contributed by atoms with van der Waals surface area (Å²) in [6, 6.07) is 0.214. The molecule has 2 N–H and O–H groups in total. The van der Waals surface area contributed by atoms with E-state index in [1.54, 1.807) is 0 Å². The van der Waals surface area contributed by atoms with E-state index < -0.39 is 0 Å². The van der Waals surface area contributed by atoms with Crippen LogP contribution in [0.1, 0.15) is 26.2 Å². The fraction of sp³-hybridized carbons (Fsp3) is 1.00. The molecule has 0 radical (unpaired) electrons. The molecule has 0 aromatic heterocycles. The van der Waals surface area contributed by atoms with E-state index in [1.807, 2.05) is 0 Å². The summed E-state index contributed by atoms with van der Waals surface area (Å²) in [5.74, 6) is 0.640. The molecule has 0 amide bonds. The molecule has 10 heavy (non-hydrogen) atoms. The molecule has 3 unspecified atom stereocenters.